The standard InChI is InChI=1S/C17H26BrN3O/c1-3-19-17(20-10-5-11-22-4-2)21-16-12-15(16)13-6-8-14(18)9-7-13/h6-9,15-16H,3-5,10-12H2,1-2H3,(H2,19,20,21). The second kappa shape index (κ2) is 9.16. The normalized spacial score (nSPS) is 20.8. The summed E-state index contributed by atoms with van der Waals surface area (Å²) in [4.78, 5) is 4.61. The molecule has 0 amide bonds. The van der Waals surface area contributed by atoms with Crippen molar-refractivity contribution in [3.63, 3.8) is 0 Å². The van der Waals surface area contributed by atoms with Crippen LogP contribution in [0.25, 0.3) is 0 Å². The van der Waals surface area contributed by atoms with Gasteiger partial charge in [-0.3, -0.25) is 4.99 Å². The number of hydrogen-bond donors (Lipinski definition) is 2. The lowest BCUT2D eigenvalue weighted by atomic mass is 10.1. The molecule has 0 saturated heterocycles. The van der Waals surface area contributed by atoms with E-state index in [1.807, 2.05) is 6.92 Å². The molecule has 5 heteroatoms. The van der Waals surface area contributed by atoms with E-state index in [0.29, 0.717) is 12.0 Å². The summed E-state index contributed by atoms with van der Waals surface area (Å²) in [5, 5.41) is 6.85. The van der Waals surface area contributed by atoms with E-state index in [1.165, 1.54) is 12.0 Å². The summed E-state index contributed by atoms with van der Waals surface area (Å²) in [5.74, 6) is 1.52. The van der Waals surface area contributed by atoms with E-state index in [1.54, 1.807) is 0 Å². The Bertz CT molecular complexity index is 475. The third kappa shape index (κ3) is 5.61. The van der Waals surface area contributed by atoms with E-state index >= 15 is 0 Å². The first-order valence-electron chi connectivity index (χ1n) is 8.12. The fraction of sp³-hybridized carbons (Fsp3) is 0.588. The lowest BCUT2D eigenvalue weighted by Gasteiger charge is -2.11. The predicted molar refractivity (Wildman–Crippen MR) is 95.5 cm³/mol. The first-order valence-corrected chi connectivity index (χ1v) is 8.92. The van der Waals surface area contributed by atoms with E-state index in [4.69, 9.17) is 4.74 Å². The molecule has 2 rings (SSSR count). The molecule has 1 aromatic rings. The molecule has 4 nitrogen and oxygen atoms in total. The van der Waals surface area contributed by atoms with Gasteiger partial charge in [-0.15, -0.1) is 0 Å². The minimum Gasteiger partial charge on any atom is -0.382 e. The number of ether oxygens (including phenoxy) is 1. The molecule has 22 heavy (non-hydrogen) atoms. The molecule has 2 N–H and O–H groups in total. The van der Waals surface area contributed by atoms with Crippen molar-refractivity contribution in [1.29, 1.82) is 0 Å². The van der Waals surface area contributed by atoms with Crippen molar-refractivity contribution in [1.82, 2.24) is 10.6 Å². The summed E-state index contributed by atoms with van der Waals surface area (Å²) >= 11 is 3.48. The molecule has 1 aliphatic carbocycles. The predicted octanol–water partition coefficient (Wildman–Crippen LogP) is 3.29. The Balaban J connectivity index is 1.79. The van der Waals surface area contributed by atoms with Gasteiger partial charge in [-0.1, -0.05) is 28.1 Å². The minimum absolute atomic E-state index is 0.492. The summed E-state index contributed by atoms with van der Waals surface area (Å²) in [6.45, 7) is 7.35. The Morgan fingerprint density at radius 1 is 1.32 bits per heavy atom. The fourth-order valence-corrected chi connectivity index (χ4v) is 2.69. The number of nitrogens with one attached hydrogen (secondary N) is 2. The summed E-state index contributed by atoms with van der Waals surface area (Å²) in [7, 11) is 0. The largest absolute Gasteiger partial charge is 0.382 e. The van der Waals surface area contributed by atoms with Crippen LogP contribution in [0.1, 0.15) is 38.2 Å². The third-order valence-electron chi connectivity index (χ3n) is 3.68. The first kappa shape index (κ1) is 17.3. The van der Waals surface area contributed by atoms with Crippen LogP contribution in [0.15, 0.2) is 33.7 Å². The molecular formula is C17H26BrN3O. The Morgan fingerprint density at radius 3 is 2.77 bits per heavy atom. The van der Waals surface area contributed by atoms with Crippen LogP contribution in [0.2, 0.25) is 0 Å². The summed E-state index contributed by atoms with van der Waals surface area (Å²) < 4.78 is 6.47. The lowest BCUT2D eigenvalue weighted by molar-refractivity contribution is 0.146. The summed E-state index contributed by atoms with van der Waals surface area (Å²) in [5.41, 5.74) is 1.40. The second-order valence-corrected chi connectivity index (χ2v) is 6.37. The molecule has 0 radical (unpaired) electrons. The zero-order valence-electron chi connectivity index (χ0n) is 13.4. The van der Waals surface area contributed by atoms with Crippen molar-refractivity contribution in [3.05, 3.63) is 34.3 Å². The van der Waals surface area contributed by atoms with Gasteiger partial charge in [-0.2, -0.15) is 0 Å². The van der Waals surface area contributed by atoms with Crippen LogP contribution in [-0.4, -0.2) is 38.3 Å². The number of guanidine groups is 1. The van der Waals surface area contributed by atoms with Gasteiger partial charge in [-0.05, 0) is 44.4 Å². The van der Waals surface area contributed by atoms with E-state index < -0.39 is 0 Å². The zero-order chi connectivity index (χ0) is 15.8. The van der Waals surface area contributed by atoms with Crippen molar-refractivity contribution in [3.8, 4) is 0 Å². The maximum atomic E-state index is 5.34. The van der Waals surface area contributed by atoms with E-state index in [2.05, 4.69) is 62.7 Å². The molecule has 1 fully saturated rings. The van der Waals surface area contributed by atoms with Gasteiger partial charge in [0, 0.05) is 42.7 Å². The lowest BCUT2D eigenvalue weighted by Crippen LogP contribution is -2.39. The van der Waals surface area contributed by atoms with Crippen LogP contribution in [0.3, 0.4) is 0 Å². The highest BCUT2D eigenvalue weighted by molar-refractivity contribution is 9.10. The van der Waals surface area contributed by atoms with Crippen LogP contribution in [0.5, 0.6) is 0 Å². The fourth-order valence-electron chi connectivity index (χ4n) is 2.43. The number of hydrogen-bond acceptors (Lipinski definition) is 2. The number of rotatable bonds is 8. The molecule has 0 bridgehead atoms. The highest BCUT2D eigenvalue weighted by Gasteiger charge is 2.38. The van der Waals surface area contributed by atoms with Crippen molar-refractivity contribution in [2.75, 3.05) is 26.3 Å². The highest BCUT2D eigenvalue weighted by Crippen LogP contribution is 2.40. The molecule has 0 heterocycles. The molecule has 0 aromatic heterocycles. The van der Waals surface area contributed by atoms with E-state index in [0.717, 1.165) is 43.2 Å². The van der Waals surface area contributed by atoms with Crippen LogP contribution in [0, 0.1) is 0 Å². The number of nitrogens with zero attached hydrogens (tertiary/aromatic N) is 1. The smallest absolute Gasteiger partial charge is 0.191 e. The Kier molecular flexibility index (Phi) is 7.19. The van der Waals surface area contributed by atoms with Gasteiger partial charge in [0.2, 0.25) is 0 Å². The van der Waals surface area contributed by atoms with Crippen LogP contribution in [-0.2, 0) is 4.74 Å². The maximum absolute atomic E-state index is 5.34. The molecule has 122 valence electrons. The molecule has 1 saturated carbocycles. The molecule has 2 unspecified atom stereocenters. The van der Waals surface area contributed by atoms with Crippen molar-refractivity contribution in [2.45, 2.75) is 38.6 Å². The SMILES string of the molecule is CCNC(=NCCCOCC)NC1CC1c1ccc(Br)cc1. The monoisotopic (exact) mass is 367 g/mol. The highest BCUT2D eigenvalue weighted by atomic mass is 79.9. The van der Waals surface area contributed by atoms with E-state index in [9.17, 15) is 0 Å². The average molecular weight is 368 g/mol. The van der Waals surface area contributed by atoms with Crippen LogP contribution >= 0.6 is 15.9 Å². The van der Waals surface area contributed by atoms with Gasteiger partial charge < -0.3 is 15.4 Å². The topological polar surface area (TPSA) is 45.7 Å². The summed E-state index contributed by atoms with van der Waals surface area (Å²) in [6.07, 6.45) is 2.14. The molecule has 2 atom stereocenters. The number of benzene rings is 1. The van der Waals surface area contributed by atoms with Crippen molar-refractivity contribution < 1.29 is 4.74 Å². The van der Waals surface area contributed by atoms with Gasteiger partial charge in [-0.25, -0.2) is 0 Å². The van der Waals surface area contributed by atoms with Crippen molar-refractivity contribution in [2.24, 2.45) is 4.99 Å². The van der Waals surface area contributed by atoms with E-state index in [-0.39, 0.29) is 0 Å². The Labute approximate surface area is 141 Å². The summed E-state index contributed by atoms with van der Waals surface area (Å²) in [6, 6.07) is 9.10. The maximum Gasteiger partial charge on any atom is 0.191 e. The Hall–Kier alpha value is -1.07. The van der Waals surface area contributed by atoms with Gasteiger partial charge >= 0.3 is 0 Å². The van der Waals surface area contributed by atoms with Gasteiger partial charge in [0.15, 0.2) is 5.96 Å². The van der Waals surface area contributed by atoms with Gasteiger partial charge in [0.25, 0.3) is 0 Å². The van der Waals surface area contributed by atoms with Gasteiger partial charge in [0.05, 0.1) is 0 Å². The molecule has 0 spiro atoms. The average Bonchev–Trinajstić information content (AvgIpc) is 3.27. The molecule has 0 aliphatic heterocycles. The minimum atomic E-state index is 0.492. The van der Waals surface area contributed by atoms with Gasteiger partial charge in [0.1, 0.15) is 0 Å². The van der Waals surface area contributed by atoms with Crippen LogP contribution in [0.4, 0.5) is 0 Å². The number of aliphatic imine (C=N–C) groups is 1. The van der Waals surface area contributed by atoms with Crippen LogP contribution < -0.4 is 10.6 Å². The first-order chi connectivity index (χ1) is 10.7. The molecule has 1 aliphatic rings. The Morgan fingerprint density at radius 2 is 2.09 bits per heavy atom. The second-order valence-electron chi connectivity index (χ2n) is 5.46. The zero-order valence-corrected chi connectivity index (χ0v) is 15.0. The quantitative estimate of drug-likeness (QED) is 0.421. The van der Waals surface area contributed by atoms with Crippen molar-refractivity contribution >= 4 is 21.9 Å². The molecular weight excluding hydrogens is 342 g/mol. The third-order valence-corrected chi connectivity index (χ3v) is 4.20. The number of halogens is 1. The molecule has 1 aromatic carbocycles.